The Morgan fingerprint density at radius 1 is 1.33 bits per heavy atom. The molecule has 1 amide bonds. The number of nitrogens with one attached hydrogen (secondary N) is 1. The molecule has 2 heterocycles. The van der Waals surface area contributed by atoms with E-state index >= 15 is 0 Å². The Hall–Kier alpha value is -0.610. The molecule has 0 aromatic carbocycles. The zero-order chi connectivity index (χ0) is 13.0. The van der Waals surface area contributed by atoms with Crippen molar-refractivity contribution in [1.29, 1.82) is 0 Å². The van der Waals surface area contributed by atoms with Crippen LogP contribution in [-0.4, -0.2) is 49.2 Å². The first-order chi connectivity index (χ1) is 8.71. The molecule has 18 heavy (non-hydrogen) atoms. The minimum absolute atomic E-state index is 0.00293. The second-order valence-electron chi connectivity index (χ2n) is 5.55. The van der Waals surface area contributed by atoms with Crippen molar-refractivity contribution >= 4 is 5.91 Å². The van der Waals surface area contributed by atoms with Gasteiger partial charge < -0.3 is 15.0 Å². The van der Waals surface area contributed by atoms with Crippen molar-refractivity contribution in [3.63, 3.8) is 0 Å². The van der Waals surface area contributed by atoms with Crippen molar-refractivity contribution in [3.8, 4) is 0 Å². The van der Waals surface area contributed by atoms with Gasteiger partial charge in [0.05, 0.1) is 12.2 Å². The number of rotatable bonds is 3. The van der Waals surface area contributed by atoms with E-state index < -0.39 is 0 Å². The lowest BCUT2D eigenvalue weighted by Gasteiger charge is -2.44. The summed E-state index contributed by atoms with van der Waals surface area (Å²) in [5.74, 6) is 0.558. The third-order valence-electron chi connectivity index (χ3n) is 4.46. The number of piperidine rings is 1. The molecule has 4 nitrogen and oxygen atoms in total. The Kier molecular flexibility index (Phi) is 4.62. The number of carbonyl (C=O) groups is 1. The number of amides is 1. The number of ether oxygens (including phenoxy) is 1. The smallest absolute Gasteiger partial charge is 0.225 e. The number of hydrogen-bond donors (Lipinski definition) is 1. The molecule has 1 N–H and O–H groups in total. The van der Waals surface area contributed by atoms with Gasteiger partial charge in [-0.05, 0) is 25.7 Å². The van der Waals surface area contributed by atoms with Crippen LogP contribution >= 0.6 is 0 Å². The highest BCUT2D eigenvalue weighted by atomic mass is 16.5. The first-order valence-corrected chi connectivity index (χ1v) is 7.34. The summed E-state index contributed by atoms with van der Waals surface area (Å²) in [6.45, 7) is 8.63. The Balaban J connectivity index is 1.87. The fourth-order valence-electron chi connectivity index (χ4n) is 3.06. The molecule has 4 heteroatoms. The first kappa shape index (κ1) is 13.8. The molecule has 0 aromatic heterocycles. The monoisotopic (exact) mass is 254 g/mol. The van der Waals surface area contributed by atoms with E-state index in [0.717, 1.165) is 58.5 Å². The summed E-state index contributed by atoms with van der Waals surface area (Å²) < 4.78 is 5.95. The second-order valence-corrected chi connectivity index (χ2v) is 5.55. The zero-order valence-corrected chi connectivity index (χ0v) is 11.7. The Morgan fingerprint density at radius 3 is 2.50 bits per heavy atom. The summed E-state index contributed by atoms with van der Waals surface area (Å²) in [7, 11) is 0. The van der Waals surface area contributed by atoms with E-state index in [1.54, 1.807) is 0 Å². The first-order valence-electron chi connectivity index (χ1n) is 7.34. The molecule has 1 spiro atoms. The number of hydrogen-bond acceptors (Lipinski definition) is 3. The summed E-state index contributed by atoms with van der Waals surface area (Å²) in [5.41, 5.74) is 0.00293. The van der Waals surface area contributed by atoms with Crippen molar-refractivity contribution in [1.82, 2.24) is 10.2 Å². The minimum atomic E-state index is 0.00293. The Morgan fingerprint density at radius 2 is 2.00 bits per heavy atom. The van der Waals surface area contributed by atoms with Gasteiger partial charge in [0.15, 0.2) is 0 Å². The van der Waals surface area contributed by atoms with Gasteiger partial charge in [0.2, 0.25) is 5.91 Å². The van der Waals surface area contributed by atoms with Gasteiger partial charge in [-0.2, -0.15) is 0 Å². The van der Waals surface area contributed by atoms with Gasteiger partial charge in [0.1, 0.15) is 0 Å². The molecule has 0 saturated carbocycles. The molecular weight excluding hydrogens is 228 g/mol. The largest absolute Gasteiger partial charge is 0.372 e. The van der Waals surface area contributed by atoms with Crippen LogP contribution in [0.1, 0.15) is 39.5 Å². The van der Waals surface area contributed by atoms with Crippen LogP contribution in [0.15, 0.2) is 0 Å². The standard InChI is InChI=1S/C14H26N2O2/c1-3-12(4-2)13(17)16-8-5-14(6-9-16)11-15-7-10-18-14/h12,15H,3-11H2,1-2H3. The number of morpholine rings is 1. The fourth-order valence-corrected chi connectivity index (χ4v) is 3.06. The summed E-state index contributed by atoms with van der Waals surface area (Å²) in [6, 6.07) is 0. The molecule has 0 aromatic rings. The average Bonchev–Trinajstić information content (AvgIpc) is 2.42. The molecule has 0 aliphatic carbocycles. The third-order valence-corrected chi connectivity index (χ3v) is 4.46. The predicted octanol–water partition coefficient (Wildman–Crippen LogP) is 1.40. The van der Waals surface area contributed by atoms with Crippen LogP contribution in [0, 0.1) is 5.92 Å². The predicted molar refractivity (Wildman–Crippen MR) is 71.4 cm³/mol. The Labute approximate surface area is 110 Å². The van der Waals surface area contributed by atoms with E-state index in [4.69, 9.17) is 4.74 Å². The summed E-state index contributed by atoms with van der Waals surface area (Å²) >= 11 is 0. The average molecular weight is 254 g/mol. The quantitative estimate of drug-likeness (QED) is 0.828. The van der Waals surface area contributed by atoms with Gasteiger partial charge in [-0.1, -0.05) is 13.8 Å². The molecule has 2 rings (SSSR count). The van der Waals surface area contributed by atoms with E-state index in [1.807, 2.05) is 4.90 Å². The number of carbonyl (C=O) groups excluding carboxylic acids is 1. The maximum absolute atomic E-state index is 12.3. The van der Waals surface area contributed by atoms with E-state index in [1.165, 1.54) is 0 Å². The van der Waals surface area contributed by atoms with E-state index in [9.17, 15) is 4.79 Å². The van der Waals surface area contributed by atoms with Gasteiger partial charge in [0.25, 0.3) is 0 Å². The van der Waals surface area contributed by atoms with Crippen LogP contribution in [0.25, 0.3) is 0 Å². The Bertz CT molecular complexity index is 274. The van der Waals surface area contributed by atoms with Crippen molar-refractivity contribution in [2.24, 2.45) is 5.92 Å². The van der Waals surface area contributed by atoms with Crippen LogP contribution in [0.2, 0.25) is 0 Å². The van der Waals surface area contributed by atoms with E-state index in [2.05, 4.69) is 19.2 Å². The molecule has 104 valence electrons. The fraction of sp³-hybridized carbons (Fsp3) is 0.929. The van der Waals surface area contributed by atoms with Gasteiger partial charge in [-0.15, -0.1) is 0 Å². The SMILES string of the molecule is CCC(CC)C(=O)N1CCC2(CC1)CNCCO2. The van der Waals surface area contributed by atoms with Gasteiger partial charge in [-0.25, -0.2) is 0 Å². The second kappa shape index (κ2) is 6.02. The van der Waals surface area contributed by atoms with Crippen LogP contribution in [-0.2, 0) is 9.53 Å². The van der Waals surface area contributed by atoms with Crippen LogP contribution < -0.4 is 5.32 Å². The van der Waals surface area contributed by atoms with E-state index in [-0.39, 0.29) is 11.5 Å². The molecule has 0 atom stereocenters. The van der Waals surface area contributed by atoms with Crippen molar-refractivity contribution in [2.45, 2.75) is 45.1 Å². The number of nitrogens with zero attached hydrogens (tertiary/aromatic N) is 1. The van der Waals surface area contributed by atoms with Crippen molar-refractivity contribution < 1.29 is 9.53 Å². The number of likely N-dealkylation sites (tertiary alicyclic amines) is 1. The maximum Gasteiger partial charge on any atom is 0.225 e. The van der Waals surface area contributed by atoms with E-state index in [0.29, 0.717) is 5.91 Å². The minimum Gasteiger partial charge on any atom is -0.372 e. The lowest BCUT2D eigenvalue weighted by atomic mass is 9.89. The van der Waals surface area contributed by atoms with Crippen molar-refractivity contribution in [2.75, 3.05) is 32.8 Å². The summed E-state index contributed by atoms with van der Waals surface area (Å²) in [4.78, 5) is 14.3. The molecular formula is C14H26N2O2. The summed E-state index contributed by atoms with van der Waals surface area (Å²) in [5, 5.41) is 3.41. The van der Waals surface area contributed by atoms with Gasteiger partial charge in [0, 0.05) is 32.1 Å². The highest BCUT2D eigenvalue weighted by molar-refractivity contribution is 5.78. The molecule has 0 bridgehead atoms. The molecule has 2 fully saturated rings. The van der Waals surface area contributed by atoms with Crippen LogP contribution in [0.5, 0.6) is 0 Å². The molecule has 2 aliphatic rings. The lowest BCUT2D eigenvalue weighted by Crippen LogP contribution is -2.56. The van der Waals surface area contributed by atoms with Gasteiger partial charge in [-0.3, -0.25) is 4.79 Å². The highest BCUT2D eigenvalue weighted by Gasteiger charge is 2.38. The topological polar surface area (TPSA) is 41.6 Å². The zero-order valence-electron chi connectivity index (χ0n) is 11.7. The normalized spacial score (nSPS) is 23.6. The van der Waals surface area contributed by atoms with Crippen LogP contribution in [0.4, 0.5) is 0 Å². The lowest BCUT2D eigenvalue weighted by molar-refractivity contribution is -0.144. The molecule has 0 radical (unpaired) electrons. The van der Waals surface area contributed by atoms with Crippen molar-refractivity contribution in [3.05, 3.63) is 0 Å². The maximum atomic E-state index is 12.3. The molecule has 2 saturated heterocycles. The van der Waals surface area contributed by atoms with Crippen LogP contribution in [0.3, 0.4) is 0 Å². The molecule has 0 unspecified atom stereocenters. The summed E-state index contributed by atoms with van der Waals surface area (Å²) in [6.07, 6.45) is 3.86. The third kappa shape index (κ3) is 2.86. The van der Waals surface area contributed by atoms with Gasteiger partial charge >= 0.3 is 0 Å². The highest BCUT2D eigenvalue weighted by Crippen LogP contribution is 2.28. The molecule has 2 aliphatic heterocycles.